The first-order valence-corrected chi connectivity index (χ1v) is 7.51. The monoisotopic (exact) mass is 271 g/mol. The Kier molecular flexibility index (Phi) is 3.65. The Morgan fingerprint density at radius 1 is 1.33 bits per heavy atom. The summed E-state index contributed by atoms with van der Waals surface area (Å²) in [6.45, 7) is 0.287. The Hall–Kier alpha value is -1.43. The molecule has 1 unspecified atom stereocenters. The van der Waals surface area contributed by atoms with Crippen LogP contribution in [0.25, 0.3) is 0 Å². The van der Waals surface area contributed by atoms with Crippen molar-refractivity contribution < 1.29 is 17.6 Å². The van der Waals surface area contributed by atoms with Gasteiger partial charge in [0, 0.05) is 6.54 Å². The van der Waals surface area contributed by atoms with Gasteiger partial charge in [-0.15, -0.1) is 0 Å². The minimum absolute atomic E-state index is 0.0672. The van der Waals surface area contributed by atoms with E-state index in [1.165, 1.54) is 12.1 Å². The van der Waals surface area contributed by atoms with Crippen LogP contribution < -0.4 is 5.32 Å². The number of hydrogen-bond acceptors (Lipinski definition) is 3. The summed E-state index contributed by atoms with van der Waals surface area (Å²) < 4.78 is 35.1. The van der Waals surface area contributed by atoms with Crippen molar-refractivity contribution >= 4 is 15.7 Å². The molecule has 1 fully saturated rings. The molecular formula is C12H14FNO3S. The first kappa shape index (κ1) is 13.0. The first-order chi connectivity index (χ1) is 8.46. The summed E-state index contributed by atoms with van der Waals surface area (Å²) in [4.78, 5) is 11.7. The van der Waals surface area contributed by atoms with Gasteiger partial charge in [0.05, 0.1) is 17.4 Å². The van der Waals surface area contributed by atoms with Gasteiger partial charge in [0.25, 0.3) is 0 Å². The number of carbonyl (C=O) groups excluding carboxylic acids is 1. The molecular weight excluding hydrogens is 257 g/mol. The molecule has 0 aliphatic carbocycles. The SMILES string of the molecule is O=C(NCc1ccc(F)cc1)C1CCS(=O)(=O)C1. The maximum Gasteiger partial charge on any atom is 0.224 e. The fourth-order valence-electron chi connectivity index (χ4n) is 1.94. The molecule has 2 rings (SSSR count). The normalized spacial score (nSPS) is 21.7. The van der Waals surface area contributed by atoms with E-state index in [0.29, 0.717) is 6.42 Å². The third-order valence-corrected chi connectivity index (χ3v) is 4.75. The van der Waals surface area contributed by atoms with E-state index in [2.05, 4.69) is 5.32 Å². The average Bonchev–Trinajstić information content (AvgIpc) is 2.69. The number of carbonyl (C=O) groups is 1. The van der Waals surface area contributed by atoms with Gasteiger partial charge in [-0.05, 0) is 24.1 Å². The van der Waals surface area contributed by atoms with Gasteiger partial charge in [-0.1, -0.05) is 12.1 Å². The number of benzene rings is 1. The van der Waals surface area contributed by atoms with E-state index in [0.717, 1.165) is 5.56 Å². The number of rotatable bonds is 3. The second-order valence-corrected chi connectivity index (χ2v) is 6.67. The van der Waals surface area contributed by atoms with E-state index >= 15 is 0 Å². The molecule has 4 nitrogen and oxygen atoms in total. The second kappa shape index (κ2) is 5.06. The predicted octanol–water partition coefficient (Wildman–Crippen LogP) is 0.877. The zero-order chi connectivity index (χ0) is 13.2. The second-order valence-electron chi connectivity index (χ2n) is 4.44. The Morgan fingerprint density at radius 3 is 2.56 bits per heavy atom. The number of sulfone groups is 1. The summed E-state index contributed by atoms with van der Waals surface area (Å²) in [6, 6.07) is 5.81. The molecule has 0 aromatic heterocycles. The fourth-order valence-corrected chi connectivity index (χ4v) is 3.68. The van der Waals surface area contributed by atoms with Crippen molar-refractivity contribution in [3.05, 3.63) is 35.6 Å². The lowest BCUT2D eigenvalue weighted by atomic mass is 10.1. The van der Waals surface area contributed by atoms with Crippen LogP contribution in [0, 0.1) is 11.7 Å². The lowest BCUT2D eigenvalue weighted by Gasteiger charge is -2.09. The van der Waals surface area contributed by atoms with Crippen molar-refractivity contribution in [1.82, 2.24) is 5.32 Å². The number of halogens is 1. The molecule has 98 valence electrons. The third-order valence-electron chi connectivity index (χ3n) is 2.98. The molecule has 0 spiro atoms. The number of amides is 1. The summed E-state index contributed by atoms with van der Waals surface area (Å²) in [7, 11) is -3.04. The van der Waals surface area contributed by atoms with Gasteiger partial charge in [0.2, 0.25) is 5.91 Å². The van der Waals surface area contributed by atoms with Crippen LogP contribution in [0.3, 0.4) is 0 Å². The molecule has 1 aliphatic rings. The Balaban J connectivity index is 1.87. The fraction of sp³-hybridized carbons (Fsp3) is 0.417. The molecule has 6 heteroatoms. The van der Waals surface area contributed by atoms with Gasteiger partial charge in [0.15, 0.2) is 9.84 Å². The van der Waals surface area contributed by atoms with Crippen molar-refractivity contribution in [2.75, 3.05) is 11.5 Å². The van der Waals surface area contributed by atoms with Crippen LogP contribution in [0.5, 0.6) is 0 Å². The van der Waals surface area contributed by atoms with Crippen molar-refractivity contribution in [3.63, 3.8) is 0 Å². The van der Waals surface area contributed by atoms with Gasteiger partial charge in [-0.3, -0.25) is 4.79 Å². The minimum atomic E-state index is -3.04. The highest BCUT2D eigenvalue weighted by Crippen LogP contribution is 2.18. The molecule has 18 heavy (non-hydrogen) atoms. The Morgan fingerprint density at radius 2 is 2.00 bits per heavy atom. The van der Waals surface area contributed by atoms with Crippen molar-refractivity contribution in [3.8, 4) is 0 Å². The van der Waals surface area contributed by atoms with Crippen molar-refractivity contribution in [2.24, 2.45) is 5.92 Å². The molecule has 1 heterocycles. The molecule has 1 aromatic rings. The van der Waals surface area contributed by atoms with E-state index < -0.39 is 15.8 Å². The van der Waals surface area contributed by atoms with Gasteiger partial charge < -0.3 is 5.32 Å². The van der Waals surface area contributed by atoms with Gasteiger partial charge in [0.1, 0.15) is 5.82 Å². The Labute approximate surface area is 105 Å². The highest BCUT2D eigenvalue weighted by molar-refractivity contribution is 7.91. The third kappa shape index (κ3) is 3.29. The lowest BCUT2D eigenvalue weighted by molar-refractivity contribution is -0.124. The highest BCUT2D eigenvalue weighted by Gasteiger charge is 2.32. The molecule has 0 saturated carbocycles. The molecule has 1 N–H and O–H groups in total. The van der Waals surface area contributed by atoms with E-state index in [-0.39, 0.29) is 29.8 Å². The largest absolute Gasteiger partial charge is 0.352 e. The smallest absolute Gasteiger partial charge is 0.224 e. The summed E-state index contributed by atoms with van der Waals surface area (Å²) >= 11 is 0. The topological polar surface area (TPSA) is 63.2 Å². The summed E-state index contributed by atoms with van der Waals surface area (Å²) in [5.74, 6) is -1.01. The van der Waals surface area contributed by atoms with Gasteiger partial charge in [-0.2, -0.15) is 0 Å². The molecule has 1 aromatic carbocycles. The molecule has 1 saturated heterocycles. The number of hydrogen-bond donors (Lipinski definition) is 1. The molecule has 0 radical (unpaired) electrons. The standard InChI is InChI=1S/C12H14FNO3S/c13-11-3-1-9(2-4-11)7-14-12(15)10-5-6-18(16,17)8-10/h1-4,10H,5-8H2,(H,14,15). The van der Waals surface area contributed by atoms with E-state index in [9.17, 15) is 17.6 Å². The molecule has 1 atom stereocenters. The highest BCUT2D eigenvalue weighted by atomic mass is 32.2. The van der Waals surface area contributed by atoms with Gasteiger partial charge >= 0.3 is 0 Å². The number of nitrogens with one attached hydrogen (secondary N) is 1. The quantitative estimate of drug-likeness (QED) is 0.887. The zero-order valence-corrected chi connectivity index (χ0v) is 10.5. The van der Waals surface area contributed by atoms with Crippen LogP contribution in [0.15, 0.2) is 24.3 Å². The minimum Gasteiger partial charge on any atom is -0.352 e. The summed E-state index contributed by atoms with van der Waals surface area (Å²) in [5.41, 5.74) is 0.783. The van der Waals surface area contributed by atoms with E-state index in [1.807, 2.05) is 0 Å². The predicted molar refractivity (Wildman–Crippen MR) is 65.0 cm³/mol. The maximum atomic E-state index is 12.7. The Bertz CT molecular complexity index is 539. The lowest BCUT2D eigenvalue weighted by Crippen LogP contribution is -2.30. The molecule has 0 bridgehead atoms. The van der Waals surface area contributed by atoms with Crippen LogP contribution in [0.1, 0.15) is 12.0 Å². The first-order valence-electron chi connectivity index (χ1n) is 5.69. The van der Waals surface area contributed by atoms with E-state index in [1.54, 1.807) is 12.1 Å². The van der Waals surface area contributed by atoms with Gasteiger partial charge in [-0.25, -0.2) is 12.8 Å². The van der Waals surface area contributed by atoms with Crippen molar-refractivity contribution in [2.45, 2.75) is 13.0 Å². The van der Waals surface area contributed by atoms with Crippen molar-refractivity contribution in [1.29, 1.82) is 0 Å². The summed E-state index contributed by atoms with van der Waals surface area (Å²) in [6.07, 6.45) is 0.386. The van der Waals surface area contributed by atoms with Crippen LogP contribution in [-0.4, -0.2) is 25.8 Å². The zero-order valence-electron chi connectivity index (χ0n) is 9.73. The van der Waals surface area contributed by atoms with E-state index in [4.69, 9.17) is 0 Å². The molecule has 1 aliphatic heterocycles. The van der Waals surface area contributed by atoms with Crippen LogP contribution in [0.4, 0.5) is 4.39 Å². The van der Waals surface area contributed by atoms with Crippen LogP contribution in [0.2, 0.25) is 0 Å². The summed E-state index contributed by atoms with van der Waals surface area (Å²) in [5, 5.41) is 2.67. The average molecular weight is 271 g/mol. The van der Waals surface area contributed by atoms with Crippen LogP contribution in [-0.2, 0) is 21.2 Å². The van der Waals surface area contributed by atoms with Crippen LogP contribution >= 0.6 is 0 Å². The maximum absolute atomic E-state index is 12.7. The molecule has 1 amide bonds.